The van der Waals surface area contributed by atoms with Crippen molar-refractivity contribution < 1.29 is 9.53 Å². The molecule has 0 spiro atoms. The van der Waals surface area contributed by atoms with Gasteiger partial charge >= 0.3 is 0 Å². The summed E-state index contributed by atoms with van der Waals surface area (Å²) in [7, 11) is 1.57. The minimum Gasteiger partial charge on any atom is -0.497 e. The van der Waals surface area contributed by atoms with Gasteiger partial charge in [0.25, 0.3) is 11.5 Å². The zero-order chi connectivity index (χ0) is 22.5. The van der Waals surface area contributed by atoms with Gasteiger partial charge in [-0.15, -0.1) is 0 Å². The average molecular weight is 436 g/mol. The van der Waals surface area contributed by atoms with E-state index >= 15 is 0 Å². The fourth-order valence-electron chi connectivity index (χ4n) is 2.75. The Bertz CT molecular complexity index is 1270. The molecular formula is C22H18ClN5O3. The first-order valence-corrected chi connectivity index (χ1v) is 9.51. The second kappa shape index (κ2) is 9.24. The second-order valence-electron chi connectivity index (χ2n) is 6.58. The summed E-state index contributed by atoms with van der Waals surface area (Å²) in [6.07, 6.45) is 1.45. The first-order chi connectivity index (χ1) is 14.8. The number of carbonyl (C=O) groups is 1. The van der Waals surface area contributed by atoms with E-state index < -0.39 is 11.5 Å². The van der Waals surface area contributed by atoms with Crippen LogP contribution in [0.15, 0.2) is 52.4 Å². The monoisotopic (exact) mass is 435 g/mol. The number of benzene rings is 2. The van der Waals surface area contributed by atoms with E-state index in [1.165, 1.54) is 13.1 Å². The van der Waals surface area contributed by atoms with Gasteiger partial charge in [-0.25, -0.2) is 5.43 Å². The number of hydrogen-bond acceptors (Lipinski definition) is 6. The molecule has 156 valence electrons. The first-order valence-electron chi connectivity index (χ1n) is 9.13. The topological polar surface area (TPSA) is 109 Å². The molecule has 3 aromatic rings. The van der Waals surface area contributed by atoms with Gasteiger partial charge in [-0.05, 0) is 61.4 Å². The summed E-state index contributed by atoms with van der Waals surface area (Å²) in [6, 6.07) is 13.8. The highest BCUT2D eigenvalue weighted by atomic mass is 35.5. The highest BCUT2D eigenvalue weighted by Crippen LogP contribution is 2.19. The van der Waals surface area contributed by atoms with Crippen molar-refractivity contribution in [3.63, 3.8) is 0 Å². The van der Waals surface area contributed by atoms with Crippen molar-refractivity contribution in [2.45, 2.75) is 13.8 Å². The summed E-state index contributed by atoms with van der Waals surface area (Å²) in [5.41, 5.74) is 3.51. The molecule has 0 aliphatic carbocycles. The van der Waals surface area contributed by atoms with Crippen LogP contribution in [0.4, 0.5) is 0 Å². The molecule has 0 aliphatic heterocycles. The molecule has 1 aromatic heterocycles. The normalized spacial score (nSPS) is 10.7. The largest absolute Gasteiger partial charge is 0.497 e. The maximum atomic E-state index is 12.7. The van der Waals surface area contributed by atoms with Gasteiger partial charge in [-0.2, -0.15) is 20.1 Å². The van der Waals surface area contributed by atoms with Crippen molar-refractivity contribution in [1.29, 1.82) is 5.26 Å². The van der Waals surface area contributed by atoms with Crippen LogP contribution in [0, 0.1) is 25.2 Å². The summed E-state index contributed by atoms with van der Waals surface area (Å²) >= 11 is 6.15. The smallest absolute Gasteiger partial charge is 0.292 e. The summed E-state index contributed by atoms with van der Waals surface area (Å²) in [6.45, 7) is 3.30. The van der Waals surface area contributed by atoms with Crippen LogP contribution in [-0.4, -0.2) is 29.0 Å². The number of nitrogens with zero attached hydrogens (tertiary/aromatic N) is 4. The van der Waals surface area contributed by atoms with E-state index in [2.05, 4.69) is 15.6 Å². The number of rotatable bonds is 5. The highest BCUT2D eigenvalue weighted by Gasteiger charge is 2.20. The maximum absolute atomic E-state index is 12.7. The van der Waals surface area contributed by atoms with E-state index in [0.717, 1.165) is 15.8 Å². The molecule has 3 rings (SSSR count). The number of aryl methyl sites for hydroxylation is 1. The molecule has 1 amide bonds. The Labute approximate surface area is 183 Å². The Kier molecular flexibility index (Phi) is 6.48. The fraction of sp³-hybridized carbons (Fsp3) is 0.136. The molecule has 31 heavy (non-hydrogen) atoms. The zero-order valence-electron chi connectivity index (χ0n) is 17.0. The average Bonchev–Trinajstić information content (AvgIpc) is 2.76. The van der Waals surface area contributed by atoms with Gasteiger partial charge in [0, 0.05) is 10.6 Å². The highest BCUT2D eigenvalue weighted by molar-refractivity contribution is 6.31. The van der Waals surface area contributed by atoms with Crippen molar-refractivity contribution in [3.8, 4) is 17.5 Å². The number of nitrogens with one attached hydrogen (secondary N) is 1. The molecule has 2 aromatic carbocycles. The molecule has 0 saturated carbocycles. The van der Waals surface area contributed by atoms with Gasteiger partial charge in [0.15, 0.2) is 5.69 Å². The minimum absolute atomic E-state index is 0.0975. The van der Waals surface area contributed by atoms with Gasteiger partial charge in [0.2, 0.25) is 0 Å². The number of aromatic nitrogens is 2. The van der Waals surface area contributed by atoms with E-state index in [1.54, 1.807) is 49.6 Å². The molecule has 0 radical (unpaired) electrons. The minimum atomic E-state index is -0.661. The molecule has 0 atom stereocenters. The molecule has 0 unspecified atom stereocenters. The molecule has 0 bridgehead atoms. The van der Waals surface area contributed by atoms with E-state index in [1.807, 2.05) is 13.0 Å². The number of amides is 1. The van der Waals surface area contributed by atoms with Crippen molar-refractivity contribution in [2.75, 3.05) is 7.11 Å². The Balaban J connectivity index is 1.95. The number of hydrazone groups is 1. The molecule has 1 N–H and O–H groups in total. The van der Waals surface area contributed by atoms with Crippen molar-refractivity contribution in [3.05, 3.63) is 85.8 Å². The summed E-state index contributed by atoms with van der Waals surface area (Å²) in [4.78, 5) is 25.4. The Morgan fingerprint density at radius 3 is 2.58 bits per heavy atom. The van der Waals surface area contributed by atoms with Gasteiger partial charge in [-0.1, -0.05) is 17.7 Å². The Hall–Kier alpha value is -3.96. The van der Waals surface area contributed by atoms with Crippen molar-refractivity contribution >= 4 is 23.7 Å². The summed E-state index contributed by atoms with van der Waals surface area (Å²) < 4.78 is 6.08. The lowest BCUT2D eigenvalue weighted by atomic mass is 10.1. The van der Waals surface area contributed by atoms with Gasteiger partial charge in [-0.3, -0.25) is 9.59 Å². The van der Waals surface area contributed by atoms with Crippen molar-refractivity contribution in [2.24, 2.45) is 5.10 Å². The molecule has 9 heteroatoms. The van der Waals surface area contributed by atoms with E-state index in [-0.39, 0.29) is 16.8 Å². The lowest BCUT2D eigenvalue weighted by Gasteiger charge is -2.11. The zero-order valence-corrected chi connectivity index (χ0v) is 17.8. The van der Waals surface area contributed by atoms with Crippen LogP contribution < -0.4 is 15.7 Å². The number of carbonyl (C=O) groups excluding carboxylic acids is 1. The third-order valence-electron chi connectivity index (χ3n) is 4.56. The molecule has 8 nitrogen and oxygen atoms in total. The van der Waals surface area contributed by atoms with E-state index in [4.69, 9.17) is 16.3 Å². The number of nitriles is 1. The Morgan fingerprint density at radius 2 is 1.97 bits per heavy atom. The quantitative estimate of drug-likeness (QED) is 0.489. The molecule has 0 aliphatic rings. The Morgan fingerprint density at radius 1 is 1.26 bits per heavy atom. The first kappa shape index (κ1) is 21.7. The van der Waals surface area contributed by atoms with Crippen LogP contribution in [0.3, 0.4) is 0 Å². The number of hydrogen-bond donors (Lipinski definition) is 1. The van der Waals surface area contributed by atoms with Gasteiger partial charge < -0.3 is 4.74 Å². The number of ether oxygens (including phenoxy) is 1. The number of halogens is 1. The standard InChI is InChI=1S/C22H18ClN5O3/c1-13-4-7-16(10-19(13)23)28-22(30)18(11-24)14(2)20(27-28)21(29)26-25-12-15-5-8-17(31-3)9-6-15/h4-10,12H,1-3H3,(H,26,29)/b25-12+. The van der Waals surface area contributed by atoms with Crippen LogP contribution in [0.1, 0.15) is 32.7 Å². The summed E-state index contributed by atoms with van der Waals surface area (Å²) in [5, 5.41) is 18.0. The second-order valence-corrected chi connectivity index (χ2v) is 6.99. The fourth-order valence-corrected chi connectivity index (χ4v) is 2.92. The summed E-state index contributed by atoms with van der Waals surface area (Å²) in [5.74, 6) is 0.0363. The van der Waals surface area contributed by atoms with Gasteiger partial charge in [0.1, 0.15) is 17.4 Å². The third-order valence-corrected chi connectivity index (χ3v) is 4.97. The van der Waals surface area contributed by atoms with Crippen molar-refractivity contribution in [1.82, 2.24) is 15.2 Å². The van der Waals surface area contributed by atoms with E-state index in [0.29, 0.717) is 16.5 Å². The SMILES string of the molecule is COc1ccc(/C=N/NC(=O)c2nn(-c3ccc(C)c(Cl)c3)c(=O)c(C#N)c2C)cc1. The lowest BCUT2D eigenvalue weighted by Crippen LogP contribution is -2.31. The van der Waals surface area contributed by atoms with Crippen LogP contribution >= 0.6 is 11.6 Å². The van der Waals surface area contributed by atoms with Crippen LogP contribution in [0.5, 0.6) is 5.75 Å². The molecular weight excluding hydrogens is 418 g/mol. The van der Waals surface area contributed by atoms with Gasteiger partial charge in [0.05, 0.1) is 19.0 Å². The molecule has 0 fully saturated rings. The van der Waals surface area contributed by atoms with E-state index in [9.17, 15) is 14.9 Å². The molecule has 1 heterocycles. The number of methoxy groups -OCH3 is 1. The maximum Gasteiger partial charge on any atom is 0.292 e. The predicted molar refractivity (Wildman–Crippen MR) is 117 cm³/mol. The third kappa shape index (κ3) is 4.63. The van der Waals surface area contributed by atoms with Crippen LogP contribution in [0.25, 0.3) is 5.69 Å². The molecule has 0 saturated heterocycles. The van der Waals surface area contributed by atoms with Crippen LogP contribution in [-0.2, 0) is 0 Å². The lowest BCUT2D eigenvalue weighted by molar-refractivity contribution is 0.0947. The predicted octanol–water partition coefficient (Wildman–Crippen LogP) is 3.15. The van der Waals surface area contributed by atoms with Crippen LogP contribution in [0.2, 0.25) is 5.02 Å².